The number of nitrogens with zero attached hydrogens (tertiary/aromatic N) is 18. The smallest absolute Gasteiger partial charge is 0.258 e. The van der Waals surface area contributed by atoms with E-state index >= 15 is 0 Å². The van der Waals surface area contributed by atoms with E-state index in [2.05, 4.69) is 58.6 Å². The van der Waals surface area contributed by atoms with Gasteiger partial charge >= 0.3 is 0 Å². The Balaban J connectivity index is 0.000000124. The highest BCUT2D eigenvalue weighted by atomic mass is 16.3. The molecule has 0 unspecified atom stereocenters. The van der Waals surface area contributed by atoms with Crippen molar-refractivity contribution in [2.45, 2.75) is 105 Å². The molecule has 12 aromatic rings. The van der Waals surface area contributed by atoms with Crippen molar-refractivity contribution in [3.63, 3.8) is 0 Å². The molecule has 462 valence electrons. The summed E-state index contributed by atoms with van der Waals surface area (Å²) in [5.74, 6) is 1.12. The van der Waals surface area contributed by atoms with E-state index in [0.717, 1.165) is 169 Å². The van der Waals surface area contributed by atoms with Gasteiger partial charge in [0.05, 0.1) is 76.4 Å². The zero-order chi connectivity index (χ0) is 62.5. The van der Waals surface area contributed by atoms with Crippen LogP contribution in [0.4, 0.5) is 0 Å². The highest BCUT2D eigenvalue weighted by Crippen LogP contribution is 2.31. The first-order valence-electron chi connectivity index (χ1n) is 31.3. The maximum atomic E-state index is 12.9. The van der Waals surface area contributed by atoms with Crippen molar-refractivity contribution < 1.29 is 5.11 Å². The topological polar surface area (TPSA) is 224 Å². The van der Waals surface area contributed by atoms with Gasteiger partial charge in [-0.2, -0.15) is 0 Å². The largest absolute Gasteiger partial charge is 0.395 e. The van der Waals surface area contributed by atoms with Crippen LogP contribution in [0.1, 0.15) is 114 Å². The van der Waals surface area contributed by atoms with Crippen LogP contribution in [-0.2, 0) is 0 Å². The quantitative estimate of drug-likeness (QED) is 0.144. The van der Waals surface area contributed by atoms with Gasteiger partial charge in [-0.1, -0.05) is 6.92 Å². The van der Waals surface area contributed by atoms with Gasteiger partial charge in [-0.05, 0) is 168 Å². The van der Waals surface area contributed by atoms with Crippen LogP contribution in [-0.4, -0.2) is 157 Å². The second kappa shape index (κ2) is 25.0. The Bertz CT molecular complexity index is 4860. The number of likely N-dealkylation sites (tertiary alicyclic amines) is 3. The predicted octanol–water partition coefficient (Wildman–Crippen LogP) is 8.24. The number of pyridine rings is 3. The third-order valence-corrected chi connectivity index (χ3v) is 18.2. The molecule has 15 heterocycles. The first kappa shape index (κ1) is 59.7. The molecule has 3 saturated heterocycles. The molecule has 0 bridgehead atoms. The molecule has 0 aliphatic carbocycles. The maximum Gasteiger partial charge on any atom is 0.258 e. The molecule has 0 amide bonds. The zero-order valence-electron chi connectivity index (χ0n) is 52.5. The monoisotopic (exact) mass is 1210 g/mol. The SMILES string of the molecule is CCN1CCC(c2cn3c(=O)cc(-c4cc(C)c5nc(C)cn5c4)nc3cn2)CC1.Cc1cn2cc(-c3cc(=O)n4cc(C5CCN(C)CC5)ncc4n3)cc(C)c2n1.Cc1cn2cc(-c3cc(=O)n4cc(C5CCN(CCO)CC5)ncc4n3)cc(C)c2n1. The van der Waals surface area contributed by atoms with Gasteiger partial charge in [-0.15, -0.1) is 0 Å². The number of hydrogen-bond donors (Lipinski definition) is 1. The van der Waals surface area contributed by atoms with Crippen LogP contribution in [0.15, 0.2) is 125 Å². The number of hydrogen-bond acceptors (Lipinski definition) is 16. The normalized spacial score (nSPS) is 16.0. The van der Waals surface area contributed by atoms with Crippen molar-refractivity contribution in [1.82, 2.24) is 86.0 Å². The lowest BCUT2D eigenvalue weighted by atomic mass is 9.94. The third kappa shape index (κ3) is 12.3. The minimum atomic E-state index is -0.110. The molecular formula is C68H76N18O4. The molecule has 15 rings (SSSR count). The number of aliphatic hydroxyl groups excluding tert-OH is 1. The second-order valence-electron chi connectivity index (χ2n) is 24.8. The lowest BCUT2D eigenvalue weighted by Crippen LogP contribution is -2.35. The fraction of sp³-hybridized carbons (Fsp3) is 0.382. The number of rotatable bonds is 9. The Kier molecular flexibility index (Phi) is 16.6. The van der Waals surface area contributed by atoms with E-state index in [1.165, 1.54) is 0 Å². The molecule has 0 aromatic carbocycles. The first-order chi connectivity index (χ1) is 43.5. The number of β-amino-alcohol motifs (C(OH)–C–C–N with tert-alkyl or cyclic N) is 1. The van der Waals surface area contributed by atoms with Crippen LogP contribution >= 0.6 is 0 Å². The molecule has 1 N–H and O–H groups in total. The van der Waals surface area contributed by atoms with Crippen molar-refractivity contribution >= 4 is 33.9 Å². The number of fused-ring (bicyclic) bond motifs is 6. The van der Waals surface area contributed by atoms with Crippen molar-refractivity contribution in [1.29, 1.82) is 0 Å². The average molecular weight is 1210 g/mol. The van der Waals surface area contributed by atoms with E-state index in [9.17, 15) is 14.4 Å². The van der Waals surface area contributed by atoms with E-state index in [4.69, 9.17) is 20.1 Å². The lowest BCUT2D eigenvalue weighted by Gasteiger charge is -2.31. The summed E-state index contributed by atoms with van der Waals surface area (Å²) in [6.45, 7) is 22.3. The second-order valence-corrected chi connectivity index (χ2v) is 24.8. The summed E-state index contributed by atoms with van der Waals surface area (Å²) in [7, 11) is 2.14. The Hall–Kier alpha value is -9.22. The number of aromatic nitrogens is 15. The van der Waals surface area contributed by atoms with Crippen LogP contribution in [0, 0.1) is 41.5 Å². The lowest BCUT2D eigenvalue weighted by molar-refractivity contribution is 0.163. The molecule has 0 radical (unpaired) electrons. The number of aliphatic hydroxyl groups is 1. The van der Waals surface area contributed by atoms with Gasteiger partial charge in [0.2, 0.25) is 0 Å². The number of imidazole rings is 3. The standard InChI is InChI=1S/C23H26N6O2.C23H26N6O.C22H24N6O/c1-15-9-18(13-28-12-16(2)25-23(15)28)19-10-22(31)29-14-20(24-11-21(29)26-19)17-3-5-27(6-4-17)7-8-30;1-4-27-7-5-17(6-8-27)20-14-29-21(11-24-20)26-19(10-22(29)30)18-9-15(2)23-25-16(3)12-28(23)13-18;1-14-8-17(12-27-11-15(2)24-22(14)27)18-9-21(29)28-13-19(23-10-20(28)25-18)16-4-6-26(3)7-5-16/h9-14,17,30H,3-8H2,1-2H3;9-14,17H,4-8H2,1-3H3;8-13,16H,4-7H2,1-3H3. The zero-order valence-corrected chi connectivity index (χ0v) is 52.5. The molecule has 3 fully saturated rings. The summed E-state index contributed by atoms with van der Waals surface area (Å²) in [5.41, 5.74) is 17.7. The van der Waals surface area contributed by atoms with Gasteiger partial charge in [0.15, 0.2) is 16.9 Å². The van der Waals surface area contributed by atoms with Gasteiger partial charge < -0.3 is 33.0 Å². The Labute approximate surface area is 519 Å². The van der Waals surface area contributed by atoms with E-state index < -0.39 is 0 Å². The van der Waals surface area contributed by atoms with Gasteiger partial charge in [0.25, 0.3) is 16.7 Å². The van der Waals surface area contributed by atoms with Crippen molar-refractivity contribution in [3.8, 4) is 33.8 Å². The average Bonchev–Trinajstić information content (AvgIpc) is 1.23. The fourth-order valence-electron chi connectivity index (χ4n) is 13.2. The minimum Gasteiger partial charge on any atom is -0.395 e. The van der Waals surface area contributed by atoms with Crippen LogP contribution in [0.3, 0.4) is 0 Å². The van der Waals surface area contributed by atoms with Crippen LogP contribution < -0.4 is 16.7 Å². The van der Waals surface area contributed by atoms with Gasteiger partial charge in [-0.25, -0.2) is 29.9 Å². The van der Waals surface area contributed by atoms with E-state index in [-0.39, 0.29) is 23.3 Å². The Morgan fingerprint density at radius 3 is 1.07 bits per heavy atom. The van der Waals surface area contributed by atoms with Crippen LogP contribution in [0.5, 0.6) is 0 Å². The summed E-state index contributed by atoms with van der Waals surface area (Å²) in [5, 5.41) is 9.12. The molecule has 90 heavy (non-hydrogen) atoms. The van der Waals surface area contributed by atoms with Gasteiger partial charge in [0, 0.05) is 115 Å². The van der Waals surface area contributed by atoms with Gasteiger partial charge in [0.1, 0.15) is 16.9 Å². The van der Waals surface area contributed by atoms with E-state index in [0.29, 0.717) is 58.3 Å². The molecule has 3 aliphatic heterocycles. The molecule has 0 saturated carbocycles. The molecule has 22 heteroatoms. The van der Waals surface area contributed by atoms with Crippen molar-refractivity contribution in [2.24, 2.45) is 0 Å². The van der Waals surface area contributed by atoms with Gasteiger partial charge in [-0.3, -0.25) is 42.5 Å². The predicted molar refractivity (Wildman–Crippen MR) is 348 cm³/mol. The molecular weight excluding hydrogens is 1130 g/mol. The van der Waals surface area contributed by atoms with Crippen LogP contribution in [0.2, 0.25) is 0 Å². The molecule has 0 atom stereocenters. The van der Waals surface area contributed by atoms with Crippen molar-refractivity contribution in [2.75, 3.05) is 66.0 Å². The molecule has 12 aromatic heterocycles. The van der Waals surface area contributed by atoms with E-state index in [1.54, 1.807) is 50.0 Å². The molecule has 0 spiro atoms. The molecule has 3 aliphatic rings. The highest BCUT2D eigenvalue weighted by Gasteiger charge is 2.25. The Morgan fingerprint density at radius 1 is 0.422 bits per heavy atom. The third-order valence-electron chi connectivity index (χ3n) is 18.2. The first-order valence-corrected chi connectivity index (χ1v) is 31.3. The van der Waals surface area contributed by atoms with Crippen LogP contribution in [0.25, 0.3) is 67.7 Å². The van der Waals surface area contributed by atoms with E-state index in [1.807, 2.05) is 129 Å². The number of piperidine rings is 3. The summed E-state index contributed by atoms with van der Waals surface area (Å²) in [6.07, 6.45) is 28.9. The number of aryl methyl sites for hydroxylation is 6. The highest BCUT2D eigenvalue weighted by molar-refractivity contribution is 5.68. The summed E-state index contributed by atoms with van der Waals surface area (Å²) >= 11 is 0. The summed E-state index contributed by atoms with van der Waals surface area (Å²) in [6, 6.07) is 10.9. The Morgan fingerprint density at radius 2 is 0.744 bits per heavy atom. The summed E-state index contributed by atoms with van der Waals surface area (Å²) in [4.78, 5) is 87.5. The molecule has 22 nitrogen and oxygen atoms in total. The minimum absolute atomic E-state index is 0.0794. The fourth-order valence-corrected chi connectivity index (χ4v) is 13.2. The maximum absolute atomic E-state index is 12.9. The summed E-state index contributed by atoms with van der Waals surface area (Å²) < 4.78 is 10.8. The van der Waals surface area contributed by atoms with Crippen molar-refractivity contribution in [3.05, 3.63) is 193 Å².